The molecule has 1 aromatic carbocycles. The molecule has 18 heavy (non-hydrogen) atoms. The second kappa shape index (κ2) is 5.81. The highest BCUT2D eigenvalue weighted by Gasteiger charge is 2.05. The van der Waals surface area contributed by atoms with Crippen molar-refractivity contribution in [1.29, 1.82) is 0 Å². The lowest BCUT2D eigenvalue weighted by atomic mass is 10.3. The van der Waals surface area contributed by atoms with Gasteiger partial charge in [0.15, 0.2) is 5.82 Å². The smallest absolute Gasteiger partial charge is 0.246 e. The molecule has 1 amide bonds. The van der Waals surface area contributed by atoms with Gasteiger partial charge < -0.3 is 15.2 Å². The summed E-state index contributed by atoms with van der Waals surface area (Å²) in [5.41, 5.74) is 0.904. The molecule has 0 saturated carbocycles. The summed E-state index contributed by atoms with van der Waals surface area (Å²) in [6.45, 7) is 2.18. The van der Waals surface area contributed by atoms with Gasteiger partial charge in [0.2, 0.25) is 11.8 Å². The number of nitrogens with zero attached hydrogens (tertiary/aromatic N) is 2. The molecule has 1 aromatic heterocycles. The quantitative estimate of drug-likeness (QED) is 0.826. The van der Waals surface area contributed by atoms with Crippen LogP contribution >= 0.6 is 0 Å². The average molecular weight is 246 g/mol. The lowest BCUT2D eigenvalue weighted by Gasteiger charge is -2.05. The first-order valence-corrected chi connectivity index (χ1v) is 5.59. The van der Waals surface area contributed by atoms with Crippen molar-refractivity contribution in [3.63, 3.8) is 0 Å². The molecular weight excluding hydrogens is 232 g/mol. The third kappa shape index (κ3) is 3.58. The van der Waals surface area contributed by atoms with E-state index < -0.39 is 0 Å². The molecule has 2 rings (SSSR count). The van der Waals surface area contributed by atoms with Gasteiger partial charge in [0.05, 0.1) is 13.1 Å². The summed E-state index contributed by atoms with van der Waals surface area (Å²) >= 11 is 0. The minimum absolute atomic E-state index is 0.130. The average Bonchev–Trinajstić information content (AvgIpc) is 2.81. The van der Waals surface area contributed by atoms with Crippen molar-refractivity contribution in [2.75, 3.05) is 11.9 Å². The Bertz CT molecular complexity index is 510. The number of carbonyl (C=O) groups excluding carboxylic acids is 1. The number of benzene rings is 1. The van der Waals surface area contributed by atoms with E-state index in [2.05, 4.69) is 20.8 Å². The number of aromatic nitrogens is 2. The molecule has 0 aliphatic heterocycles. The largest absolute Gasteiger partial charge is 0.376 e. The minimum Gasteiger partial charge on any atom is -0.376 e. The Kier molecular flexibility index (Phi) is 3.90. The molecule has 2 aromatic rings. The topological polar surface area (TPSA) is 80.0 Å². The van der Waals surface area contributed by atoms with Crippen LogP contribution in [0, 0.1) is 6.92 Å². The van der Waals surface area contributed by atoms with E-state index in [0.717, 1.165) is 5.69 Å². The van der Waals surface area contributed by atoms with Gasteiger partial charge in [-0.2, -0.15) is 4.98 Å². The summed E-state index contributed by atoms with van der Waals surface area (Å²) in [4.78, 5) is 15.5. The van der Waals surface area contributed by atoms with E-state index in [1.807, 2.05) is 30.3 Å². The third-order valence-electron chi connectivity index (χ3n) is 2.23. The van der Waals surface area contributed by atoms with Gasteiger partial charge in [0, 0.05) is 5.69 Å². The van der Waals surface area contributed by atoms with Crippen LogP contribution in [-0.2, 0) is 11.3 Å². The van der Waals surface area contributed by atoms with Crippen molar-refractivity contribution in [2.45, 2.75) is 13.5 Å². The van der Waals surface area contributed by atoms with Crippen LogP contribution in [0.4, 0.5) is 5.69 Å². The van der Waals surface area contributed by atoms with Crippen molar-refractivity contribution in [2.24, 2.45) is 0 Å². The molecule has 0 fully saturated rings. The summed E-state index contributed by atoms with van der Waals surface area (Å²) in [6.07, 6.45) is 0. The maximum atomic E-state index is 11.5. The maximum absolute atomic E-state index is 11.5. The van der Waals surface area contributed by atoms with Crippen LogP contribution in [0.1, 0.15) is 11.7 Å². The van der Waals surface area contributed by atoms with Crippen molar-refractivity contribution in [1.82, 2.24) is 15.5 Å². The Balaban J connectivity index is 1.73. The highest BCUT2D eigenvalue weighted by atomic mass is 16.5. The molecule has 0 unspecified atom stereocenters. The lowest BCUT2D eigenvalue weighted by molar-refractivity contribution is -0.119. The van der Waals surface area contributed by atoms with Crippen molar-refractivity contribution in [3.05, 3.63) is 42.0 Å². The lowest BCUT2D eigenvalue weighted by Crippen LogP contribution is -2.29. The Hall–Kier alpha value is -2.37. The molecule has 0 spiro atoms. The zero-order valence-electron chi connectivity index (χ0n) is 10.0. The molecule has 1 heterocycles. The van der Waals surface area contributed by atoms with E-state index in [0.29, 0.717) is 11.7 Å². The predicted octanol–water partition coefficient (Wildman–Crippen LogP) is 1.11. The molecule has 0 atom stereocenters. The molecule has 2 N–H and O–H groups in total. The molecule has 0 aliphatic carbocycles. The first kappa shape index (κ1) is 12.1. The monoisotopic (exact) mass is 246 g/mol. The van der Waals surface area contributed by atoms with Crippen LogP contribution in [0.25, 0.3) is 0 Å². The zero-order chi connectivity index (χ0) is 12.8. The number of anilines is 1. The van der Waals surface area contributed by atoms with Crippen LogP contribution in [-0.4, -0.2) is 22.6 Å². The summed E-state index contributed by atoms with van der Waals surface area (Å²) < 4.78 is 4.88. The fourth-order valence-corrected chi connectivity index (χ4v) is 1.39. The van der Waals surface area contributed by atoms with E-state index in [9.17, 15) is 4.79 Å². The van der Waals surface area contributed by atoms with E-state index in [1.54, 1.807) is 6.92 Å². The zero-order valence-corrected chi connectivity index (χ0v) is 10.0. The van der Waals surface area contributed by atoms with E-state index in [1.165, 1.54) is 0 Å². The Morgan fingerprint density at radius 2 is 2.11 bits per heavy atom. The van der Waals surface area contributed by atoms with Crippen LogP contribution in [0.15, 0.2) is 34.9 Å². The first-order chi connectivity index (χ1) is 8.74. The van der Waals surface area contributed by atoms with Gasteiger partial charge in [-0.25, -0.2) is 0 Å². The predicted molar refractivity (Wildman–Crippen MR) is 65.8 cm³/mol. The van der Waals surface area contributed by atoms with Gasteiger partial charge in [0.1, 0.15) is 0 Å². The fraction of sp³-hybridized carbons (Fsp3) is 0.250. The Labute approximate surface area is 104 Å². The highest BCUT2D eigenvalue weighted by Crippen LogP contribution is 2.03. The number of rotatable bonds is 5. The molecule has 0 bridgehead atoms. The van der Waals surface area contributed by atoms with Crippen LogP contribution in [0.2, 0.25) is 0 Å². The van der Waals surface area contributed by atoms with Crippen molar-refractivity contribution < 1.29 is 9.32 Å². The van der Waals surface area contributed by atoms with Crippen LogP contribution < -0.4 is 10.6 Å². The number of amides is 1. The number of para-hydroxylation sites is 1. The number of carbonyl (C=O) groups is 1. The molecule has 0 aliphatic rings. The van der Waals surface area contributed by atoms with Gasteiger partial charge in [-0.15, -0.1) is 0 Å². The van der Waals surface area contributed by atoms with E-state index in [4.69, 9.17) is 4.52 Å². The Morgan fingerprint density at radius 1 is 1.33 bits per heavy atom. The summed E-state index contributed by atoms with van der Waals surface area (Å²) in [5.74, 6) is 0.830. The summed E-state index contributed by atoms with van der Waals surface area (Å²) in [6, 6.07) is 9.52. The van der Waals surface area contributed by atoms with E-state index >= 15 is 0 Å². The second-order valence-electron chi connectivity index (χ2n) is 3.73. The highest BCUT2D eigenvalue weighted by molar-refractivity contribution is 5.80. The molecular formula is C12H14N4O2. The number of nitrogens with one attached hydrogen (secondary N) is 2. The summed E-state index contributed by atoms with van der Waals surface area (Å²) in [5, 5.41) is 9.33. The van der Waals surface area contributed by atoms with Gasteiger partial charge in [-0.3, -0.25) is 4.79 Å². The molecule has 94 valence electrons. The SMILES string of the molecule is Cc1noc(CNC(=O)CNc2ccccc2)n1. The number of hydrogen-bond donors (Lipinski definition) is 2. The molecule has 0 saturated heterocycles. The number of hydrogen-bond acceptors (Lipinski definition) is 5. The maximum Gasteiger partial charge on any atom is 0.246 e. The van der Waals surface area contributed by atoms with E-state index in [-0.39, 0.29) is 19.0 Å². The van der Waals surface area contributed by atoms with Gasteiger partial charge in [-0.05, 0) is 19.1 Å². The third-order valence-corrected chi connectivity index (χ3v) is 2.23. The normalized spacial score (nSPS) is 10.1. The second-order valence-corrected chi connectivity index (χ2v) is 3.73. The fourth-order valence-electron chi connectivity index (χ4n) is 1.39. The van der Waals surface area contributed by atoms with Crippen molar-refractivity contribution in [3.8, 4) is 0 Å². The van der Waals surface area contributed by atoms with Gasteiger partial charge in [0.25, 0.3) is 0 Å². The van der Waals surface area contributed by atoms with Gasteiger partial charge >= 0.3 is 0 Å². The van der Waals surface area contributed by atoms with Crippen LogP contribution in [0.3, 0.4) is 0 Å². The van der Waals surface area contributed by atoms with Crippen LogP contribution in [0.5, 0.6) is 0 Å². The first-order valence-electron chi connectivity index (χ1n) is 5.59. The Morgan fingerprint density at radius 3 is 2.78 bits per heavy atom. The van der Waals surface area contributed by atoms with Gasteiger partial charge in [-0.1, -0.05) is 23.4 Å². The molecule has 0 radical (unpaired) electrons. The number of aryl methyl sites for hydroxylation is 1. The standard InChI is InChI=1S/C12H14N4O2/c1-9-15-12(18-16-9)8-14-11(17)7-13-10-5-3-2-4-6-10/h2-6,13H,7-8H2,1H3,(H,14,17). The molecule has 6 heteroatoms. The molecule has 6 nitrogen and oxygen atoms in total. The summed E-state index contributed by atoms with van der Waals surface area (Å²) in [7, 11) is 0. The van der Waals surface area contributed by atoms with Crippen molar-refractivity contribution >= 4 is 11.6 Å². The minimum atomic E-state index is -0.130.